The average molecular weight is 328 g/mol. The summed E-state index contributed by atoms with van der Waals surface area (Å²) in [5.74, 6) is 0.623. The largest absolute Gasteiger partial charge is 0.464 e. The Morgan fingerprint density at radius 2 is 2.42 bits per heavy atom. The molecule has 1 unspecified atom stereocenters. The summed E-state index contributed by atoms with van der Waals surface area (Å²) >= 11 is 3.44. The van der Waals surface area contributed by atoms with Crippen molar-refractivity contribution in [1.29, 1.82) is 0 Å². The van der Waals surface area contributed by atoms with Gasteiger partial charge in [0.25, 0.3) is 0 Å². The number of piperazine rings is 1. The summed E-state index contributed by atoms with van der Waals surface area (Å²) in [6, 6.07) is 3.58. The van der Waals surface area contributed by atoms with Crippen molar-refractivity contribution in [3.63, 3.8) is 0 Å². The number of pyridine rings is 1. The van der Waals surface area contributed by atoms with Gasteiger partial charge >= 0.3 is 5.97 Å². The Balaban J connectivity index is 2.23. The third-order valence-electron chi connectivity index (χ3n) is 3.10. The average Bonchev–Trinajstić information content (AvgIpc) is 2.42. The zero-order chi connectivity index (χ0) is 13.8. The third-order valence-corrected chi connectivity index (χ3v) is 3.94. The number of carbonyl (C=O) groups is 1. The third kappa shape index (κ3) is 3.25. The fourth-order valence-corrected chi connectivity index (χ4v) is 2.34. The number of halogens is 1. The molecule has 0 amide bonds. The molecule has 5 nitrogen and oxygen atoms in total. The van der Waals surface area contributed by atoms with Gasteiger partial charge in [-0.1, -0.05) is 0 Å². The molecule has 1 saturated heterocycles. The molecule has 1 atom stereocenters. The van der Waals surface area contributed by atoms with Crippen LogP contribution in [0.1, 0.15) is 12.6 Å². The minimum Gasteiger partial charge on any atom is -0.464 e. The number of rotatable bonds is 3. The molecular weight excluding hydrogens is 310 g/mol. The SMILES string of the molecule is CCOC(=O)C1CNCCN1c1ccc(Br)c(C)n1. The molecule has 0 spiro atoms. The summed E-state index contributed by atoms with van der Waals surface area (Å²) in [4.78, 5) is 18.5. The summed E-state index contributed by atoms with van der Waals surface area (Å²) in [7, 11) is 0. The van der Waals surface area contributed by atoms with E-state index >= 15 is 0 Å². The van der Waals surface area contributed by atoms with Crippen LogP contribution in [-0.2, 0) is 9.53 Å². The molecule has 0 aliphatic carbocycles. The zero-order valence-corrected chi connectivity index (χ0v) is 12.7. The first kappa shape index (κ1) is 14.3. The summed E-state index contributed by atoms with van der Waals surface area (Å²) in [5.41, 5.74) is 0.915. The van der Waals surface area contributed by atoms with E-state index in [9.17, 15) is 4.79 Å². The fraction of sp³-hybridized carbons (Fsp3) is 0.538. The van der Waals surface area contributed by atoms with Crippen LogP contribution in [0.3, 0.4) is 0 Å². The summed E-state index contributed by atoms with van der Waals surface area (Å²) in [6.45, 7) is 6.34. The highest BCUT2D eigenvalue weighted by molar-refractivity contribution is 9.10. The summed E-state index contributed by atoms with van der Waals surface area (Å²) < 4.78 is 6.10. The van der Waals surface area contributed by atoms with E-state index in [1.807, 2.05) is 30.9 Å². The summed E-state index contributed by atoms with van der Waals surface area (Å²) in [6.07, 6.45) is 0. The van der Waals surface area contributed by atoms with Gasteiger partial charge in [0, 0.05) is 24.1 Å². The molecule has 1 aromatic heterocycles. The quantitative estimate of drug-likeness (QED) is 0.852. The maximum absolute atomic E-state index is 12.0. The van der Waals surface area contributed by atoms with Crippen molar-refractivity contribution < 1.29 is 9.53 Å². The molecule has 0 radical (unpaired) electrons. The Hall–Kier alpha value is -1.14. The molecule has 0 saturated carbocycles. The minimum atomic E-state index is -0.304. The van der Waals surface area contributed by atoms with E-state index in [-0.39, 0.29) is 12.0 Å². The lowest BCUT2D eigenvalue weighted by atomic mass is 10.2. The van der Waals surface area contributed by atoms with Crippen LogP contribution in [0.2, 0.25) is 0 Å². The molecule has 104 valence electrons. The van der Waals surface area contributed by atoms with Crippen LogP contribution in [0.4, 0.5) is 5.82 Å². The van der Waals surface area contributed by atoms with Gasteiger partial charge in [-0.3, -0.25) is 0 Å². The van der Waals surface area contributed by atoms with E-state index in [2.05, 4.69) is 26.2 Å². The first-order chi connectivity index (χ1) is 9.13. The summed E-state index contributed by atoms with van der Waals surface area (Å²) in [5, 5.41) is 3.22. The maximum Gasteiger partial charge on any atom is 0.330 e. The maximum atomic E-state index is 12.0. The van der Waals surface area contributed by atoms with Gasteiger partial charge in [-0.05, 0) is 41.9 Å². The lowest BCUT2D eigenvalue weighted by Crippen LogP contribution is -2.56. The van der Waals surface area contributed by atoms with Gasteiger partial charge in [-0.2, -0.15) is 0 Å². The number of nitrogens with one attached hydrogen (secondary N) is 1. The van der Waals surface area contributed by atoms with Crippen molar-refractivity contribution in [3.05, 3.63) is 22.3 Å². The molecule has 2 rings (SSSR count). The highest BCUT2D eigenvalue weighted by Crippen LogP contribution is 2.21. The van der Waals surface area contributed by atoms with Gasteiger partial charge in [0.1, 0.15) is 11.9 Å². The normalized spacial score (nSPS) is 19.3. The van der Waals surface area contributed by atoms with Crippen LogP contribution < -0.4 is 10.2 Å². The number of carbonyl (C=O) groups excluding carboxylic acids is 1. The van der Waals surface area contributed by atoms with E-state index < -0.39 is 0 Å². The van der Waals surface area contributed by atoms with Crippen LogP contribution in [0.5, 0.6) is 0 Å². The van der Waals surface area contributed by atoms with Crippen molar-refractivity contribution in [2.24, 2.45) is 0 Å². The Kier molecular flexibility index (Phi) is 4.76. The monoisotopic (exact) mass is 327 g/mol. The van der Waals surface area contributed by atoms with Crippen molar-refractivity contribution in [1.82, 2.24) is 10.3 Å². The Morgan fingerprint density at radius 1 is 1.63 bits per heavy atom. The second-order valence-electron chi connectivity index (χ2n) is 4.40. The van der Waals surface area contributed by atoms with Gasteiger partial charge < -0.3 is 15.0 Å². The van der Waals surface area contributed by atoms with Gasteiger partial charge in [0.15, 0.2) is 0 Å². The van der Waals surface area contributed by atoms with Gasteiger partial charge in [-0.25, -0.2) is 9.78 Å². The van der Waals surface area contributed by atoms with E-state index in [1.165, 1.54) is 0 Å². The smallest absolute Gasteiger partial charge is 0.330 e. The van der Waals surface area contributed by atoms with Crippen LogP contribution in [-0.4, -0.2) is 43.2 Å². The Bertz CT molecular complexity index is 467. The Morgan fingerprint density at radius 3 is 3.11 bits per heavy atom. The molecule has 1 aliphatic rings. The molecule has 6 heteroatoms. The molecule has 1 aromatic rings. The van der Waals surface area contributed by atoms with Crippen LogP contribution in [0.25, 0.3) is 0 Å². The van der Waals surface area contributed by atoms with E-state index in [1.54, 1.807) is 0 Å². The lowest BCUT2D eigenvalue weighted by molar-refractivity contribution is -0.144. The number of aromatic nitrogens is 1. The molecule has 0 bridgehead atoms. The lowest BCUT2D eigenvalue weighted by Gasteiger charge is -2.35. The number of anilines is 1. The standard InChI is InChI=1S/C13H18BrN3O2/c1-3-19-13(18)11-8-15-6-7-17(11)12-5-4-10(14)9(2)16-12/h4-5,11,15H,3,6-8H2,1-2H3. The number of hydrogen-bond donors (Lipinski definition) is 1. The van der Waals surface area contributed by atoms with Gasteiger partial charge in [0.05, 0.1) is 12.3 Å². The highest BCUT2D eigenvalue weighted by atomic mass is 79.9. The van der Waals surface area contributed by atoms with Gasteiger partial charge in [0.2, 0.25) is 0 Å². The number of nitrogens with zero attached hydrogens (tertiary/aromatic N) is 2. The van der Waals surface area contributed by atoms with Crippen LogP contribution >= 0.6 is 15.9 Å². The topological polar surface area (TPSA) is 54.5 Å². The first-order valence-electron chi connectivity index (χ1n) is 6.40. The van der Waals surface area contributed by atoms with E-state index in [0.29, 0.717) is 13.2 Å². The van der Waals surface area contributed by atoms with E-state index in [4.69, 9.17) is 4.74 Å². The predicted molar refractivity (Wildman–Crippen MR) is 77.3 cm³/mol. The van der Waals surface area contributed by atoms with E-state index in [0.717, 1.165) is 29.1 Å². The zero-order valence-electron chi connectivity index (χ0n) is 11.1. The fourth-order valence-electron chi connectivity index (χ4n) is 2.12. The number of ether oxygens (including phenoxy) is 1. The molecule has 1 fully saturated rings. The van der Waals surface area contributed by atoms with Crippen molar-refractivity contribution in [3.8, 4) is 0 Å². The highest BCUT2D eigenvalue weighted by Gasteiger charge is 2.30. The van der Waals surface area contributed by atoms with Crippen molar-refractivity contribution in [2.75, 3.05) is 31.1 Å². The molecule has 1 aliphatic heterocycles. The number of esters is 1. The minimum absolute atomic E-state index is 0.197. The Labute approximate surface area is 121 Å². The van der Waals surface area contributed by atoms with Crippen LogP contribution in [0.15, 0.2) is 16.6 Å². The second kappa shape index (κ2) is 6.34. The molecule has 1 N–H and O–H groups in total. The first-order valence-corrected chi connectivity index (χ1v) is 7.20. The van der Waals surface area contributed by atoms with Crippen LogP contribution in [0, 0.1) is 6.92 Å². The molecule has 0 aromatic carbocycles. The van der Waals surface area contributed by atoms with Gasteiger partial charge in [-0.15, -0.1) is 0 Å². The molecular formula is C13H18BrN3O2. The predicted octanol–water partition coefficient (Wildman–Crippen LogP) is 1.49. The van der Waals surface area contributed by atoms with Crippen molar-refractivity contribution >= 4 is 27.7 Å². The number of aryl methyl sites for hydroxylation is 1. The number of hydrogen-bond acceptors (Lipinski definition) is 5. The second-order valence-corrected chi connectivity index (χ2v) is 5.26. The molecule has 2 heterocycles. The molecule has 19 heavy (non-hydrogen) atoms. The van der Waals surface area contributed by atoms with Crippen molar-refractivity contribution in [2.45, 2.75) is 19.9 Å².